The molecule has 3 heterocycles. The molecule has 0 N–H and O–H groups in total. The first kappa shape index (κ1) is 14.5. The summed E-state index contributed by atoms with van der Waals surface area (Å²) in [5, 5.41) is 3.48. The van der Waals surface area contributed by atoms with Crippen LogP contribution in [-0.2, 0) is 0 Å². The second kappa shape index (κ2) is 6.12. The lowest BCUT2D eigenvalue weighted by atomic mass is 9.94. The summed E-state index contributed by atoms with van der Waals surface area (Å²) >= 11 is 1.83. The van der Waals surface area contributed by atoms with Gasteiger partial charge < -0.3 is 0 Å². The molecule has 112 valence electrons. The number of aryl methyl sites for hydroxylation is 1. The molecule has 3 atom stereocenters. The van der Waals surface area contributed by atoms with E-state index in [1.807, 2.05) is 11.3 Å². The first-order chi connectivity index (χ1) is 9.69. The smallest absolute Gasteiger partial charge is 0.110 e. The molecule has 3 nitrogen and oxygen atoms in total. The number of nitrogens with zero attached hydrogens (tertiary/aromatic N) is 3. The molecule has 0 amide bonds. The van der Waals surface area contributed by atoms with Crippen LogP contribution in [0.5, 0.6) is 0 Å². The van der Waals surface area contributed by atoms with Gasteiger partial charge in [-0.3, -0.25) is 9.80 Å². The fraction of sp³-hybridized carbons (Fsp3) is 0.812. The number of piperazine rings is 1. The van der Waals surface area contributed by atoms with Crippen molar-refractivity contribution in [1.29, 1.82) is 0 Å². The average Bonchev–Trinajstić information content (AvgIpc) is 2.91. The summed E-state index contributed by atoms with van der Waals surface area (Å²) in [6.45, 7) is 10.6. The monoisotopic (exact) mass is 293 g/mol. The molecule has 0 radical (unpaired) electrons. The number of fused-ring (bicyclic) bond motifs is 1. The SMILES string of the molecule is CCC1CN2CCCCC2CN1C(C)c1nc(C)cs1. The summed E-state index contributed by atoms with van der Waals surface area (Å²) in [5.74, 6) is 0. The molecule has 0 bridgehead atoms. The molecule has 2 fully saturated rings. The van der Waals surface area contributed by atoms with E-state index in [9.17, 15) is 0 Å². The number of aromatic nitrogens is 1. The van der Waals surface area contributed by atoms with E-state index >= 15 is 0 Å². The van der Waals surface area contributed by atoms with Gasteiger partial charge in [-0.25, -0.2) is 4.98 Å². The van der Waals surface area contributed by atoms with Crippen molar-refractivity contribution in [3.8, 4) is 0 Å². The Bertz CT molecular complexity index is 445. The highest BCUT2D eigenvalue weighted by molar-refractivity contribution is 7.09. The normalized spacial score (nSPS) is 30.1. The molecule has 0 aliphatic carbocycles. The van der Waals surface area contributed by atoms with Crippen molar-refractivity contribution in [1.82, 2.24) is 14.8 Å². The molecule has 20 heavy (non-hydrogen) atoms. The summed E-state index contributed by atoms with van der Waals surface area (Å²) < 4.78 is 0. The molecule has 3 unspecified atom stereocenters. The first-order valence-electron chi connectivity index (χ1n) is 8.11. The molecule has 2 saturated heterocycles. The minimum atomic E-state index is 0.475. The summed E-state index contributed by atoms with van der Waals surface area (Å²) in [5.41, 5.74) is 1.17. The zero-order valence-electron chi connectivity index (χ0n) is 13.0. The highest BCUT2D eigenvalue weighted by atomic mass is 32.1. The van der Waals surface area contributed by atoms with Crippen molar-refractivity contribution in [2.24, 2.45) is 0 Å². The molecule has 0 saturated carbocycles. The average molecular weight is 293 g/mol. The lowest BCUT2D eigenvalue weighted by molar-refractivity contribution is -0.0124. The largest absolute Gasteiger partial charge is 0.298 e. The number of thiazole rings is 1. The second-order valence-corrected chi connectivity index (χ2v) is 7.30. The molecule has 3 rings (SSSR count). The predicted octanol–water partition coefficient (Wildman–Crippen LogP) is 3.46. The number of piperidine rings is 1. The third kappa shape index (κ3) is 2.78. The molecule has 0 aromatic carbocycles. The van der Waals surface area contributed by atoms with E-state index in [2.05, 4.69) is 36.0 Å². The van der Waals surface area contributed by atoms with Gasteiger partial charge in [0.1, 0.15) is 5.01 Å². The van der Waals surface area contributed by atoms with Crippen molar-refractivity contribution in [2.45, 2.75) is 64.6 Å². The Labute approximate surface area is 127 Å². The summed E-state index contributed by atoms with van der Waals surface area (Å²) in [4.78, 5) is 10.2. The van der Waals surface area contributed by atoms with Crippen LogP contribution in [0.3, 0.4) is 0 Å². The van der Waals surface area contributed by atoms with Crippen molar-refractivity contribution < 1.29 is 0 Å². The van der Waals surface area contributed by atoms with Gasteiger partial charge >= 0.3 is 0 Å². The molecule has 2 aliphatic heterocycles. The highest BCUT2D eigenvalue weighted by Crippen LogP contribution is 2.32. The van der Waals surface area contributed by atoms with Gasteiger partial charge in [-0.15, -0.1) is 11.3 Å². The van der Waals surface area contributed by atoms with E-state index in [1.165, 1.54) is 56.0 Å². The van der Waals surface area contributed by atoms with E-state index in [4.69, 9.17) is 4.98 Å². The Hall–Kier alpha value is -0.450. The summed E-state index contributed by atoms with van der Waals surface area (Å²) in [7, 11) is 0. The van der Waals surface area contributed by atoms with Crippen molar-refractivity contribution in [2.75, 3.05) is 19.6 Å². The Kier molecular flexibility index (Phi) is 4.43. The zero-order chi connectivity index (χ0) is 14.1. The number of hydrogen-bond acceptors (Lipinski definition) is 4. The van der Waals surface area contributed by atoms with Gasteiger partial charge in [-0.05, 0) is 39.7 Å². The Balaban J connectivity index is 1.76. The minimum absolute atomic E-state index is 0.475. The van der Waals surface area contributed by atoms with Crippen molar-refractivity contribution in [3.63, 3.8) is 0 Å². The molecular formula is C16H27N3S. The third-order valence-electron chi connectivity index (χ3n) is 5.05. The fourth-order valence-electron chi connectivity index (χ4n) is 3.82. The quantitative estimate of drug-likeness (QED) is 0.851. The minimum Gasteiger partial charge on any atom is -0.298 e. The maximum absolute atomic E-state index is 4.72. The first-order valence-corrected chi connectivity index (χ1v) is 8.98. The number of hydrogen-bond donors (Lipinski definition) is 0. The van der Waals surface area contributed by atoms with E-state index < -0.39 is 0 Å². The van der Waals surface area contributed by atoms with E-state index in [0.29, 0.717) is 12.1 Å². The summed E-state index contributed by atoms with van der Waals surface area (Å²) in [6.07, 6.45) is 5.44. The van der Waals surface area contributed by atoms with Crippen LogP contribution in [0.25, 0.3) is 0 Å². The van der Waals surface area contributed by atoms with Crippen LogP contribution >= 0.6 is 11.3 Å². The predicted molar refractivity (Wildman–Crippen MR) is 85.3 cm³/mol. The van der Waals surface area contributed by atoms with E-state index in [-0.39, 0.29) is 0 Å². The van der Waals surface area contributed by atoms with Gasteiger partial charge in [0.15, 0.2) is 0 Å². The lowest BCUT2D eigenvalue weighted by Crippen LogP contribution is -2.59. The van der Waals surface area contributed by atoms with Crippen LogP contribution in [-0.4, -0.2) is 46.5 Å². The summed E-state index contributed by atoms with van der Waals surface area (Å²) in [6, 6.07) is 1.96. The van der Waals surface area contributed by atoms with Crippen molar-refractivity contribution in [3.05, 3.63) is 16.1 Å². The zero-order valence-corrected chi connectivity index (χ0v) is 13.8. The maximum atomic E-state index is 4.72. The molecule has 0 spiro atoms. The van der Waals surface area contributed by atoms with Crippen LogP contribution in [0, 0.1) is 6.92 Å². The van der Waals surface area contributed by atoms with Gasteiger partial charge in [-0.1, -0.05) is 13.3 Å². The maximum Gasteiger partial charge on any atom is 0.110 e. The van der Waals surface area contributed by atoms with Gasteiger partial charge in [-0.2, -0.15) is 0 Å². The van der Waals surface area contributed by atoms with Gasteiger partial charge in [0.25, 0.3) is 0 Å². The fourth-order valence-corrected chi connectivity index (χ4v) is 4.69. The van der Waals surface area contributed by atoms with Crippen LogP contribution in [0.15, 0.2) is 5.38 Å². The highest BCUT2D eigenvalue weighted by Gasteiger charge is 2.37. The van der Waals surface area contributed by atoms with Gasteiger partial charge in [0.05, 0.1) is 6.04 Å². The second-order valence-electron chi connectivity index (χ2n) is 6.41. The molecule has 2 aliphatic rings. The van der Waals surface area contributed by atoms with Crippen molar-refractivity contribution >= 4 is 11.3 Å². The molecule has 1 aromatic rings. The van der Waals surface area contributed by atoms with Gasteiger partial charge in [0.2, 0.25) is 0 Å². The lowest BCUT2D eigenvalue weighted by Gasteiger charge is -2.50. The van der Waals surface area contributed by atoms with Crippen LogP contribution < -0.4 is 0 Å². The van der Waals surface area contributed by atoms with E-state index in [1.54, 1.807) is 0 Å². The molecule has 4 heteroatoms. The topological polar surface area (TPSA) is 19.4 Å². The van der Waals surface area contributed by atoms with Crippen LogP contribution in [0.4, 0.5) is 0 Å². The van der Waals surface area contributed by atoms with Gasteiger partial charge in [0, 0.05) is 36.2 Å². The standard InChI is InChI=1S/C16H27N3S/c1-4-14-9-18-8-6-5-7-15(18)10-19(14)13(3)16-17-12(2)11-20-16/h11,13-15H,4-10H2,1-3H3. The van der Waals surface area contributed by atoms with E-state index in [0.717, 1.165) is 6.04 Å². The van der Waals surface area contributed by atoms with Crippen LogP contribution in [0.1, 0.15) is 56.3 Å². The Morgan fingerprint density at radius 2 is 2.25 bits per heavy atom. The molecular weight excluding hydrogens is 266 g/mol. The number of rotatable bonds is 3. The Morgan fingerprint density at radius 3 is 2.95 bits per heavy atom. The van der Waals surface area contributed by atoms with Crippen LogP contribution in [0.2, 0.25) is 0 Å². The third-order valence-corrected chi connectivity index (χ3v) is 6.18. The Morgan fingerprint density at radius 1 is 1.40 bits per heavy atom. The molecule has 1 aromatic heterocycles.